The molecule has 2 heterocycles. The van der Waals surface area contributed by atoms with Gasteiger partial charge in [0, 0.05) is 17.9 Å². The molecular weight excluding hydrogens is 248 g/mol. The van der Waals surface area contributed by atoms with Crippen LogP contribution in [0.15, 0.2) is 47.1 Å². The fourth-order valence-electron chi connectivity index (χ4n) is 4.18. The Morgan fingerprint density at radius 3 is 2.90 bits per heavy atom. The quantitative estimate of drug-likeness (QED) is 0.771. The van der Waals surface area contributed by atoms with Gasteiger partial charge in [-0.05, 0) is 42.5 Å². The molecule has 2 aliphatic rings. The molecule has 2 nitrogen and oxygen atoms in total. The van der Waals surface area contributed by atoms with Crippen molar-refractivity contribution >= 4 is 0 Å². The number of furan rings is 1. The highest BCUT2D eigenvalue weighted by Gasteiger charge is 2.48. The number of fused-ring (bicyclic) bond motifs is 3. The summed E-state index contributed by atoms with van der Waals surface area (Å²) < 4.78 is 11.7. The second-order valence-electron chi connectivity index (χ2n) is 6.28. The second kappa shape index (κ2) is 4.49. The second-order valence-corrected chi connectivity index (χ2v) is 6.28. The lowest BCUT2D eigenvalue weighted by Crippen LogP contribution is -2.45. The van der Waals surface area contributed by atoms with Gasteiger partial charge in [0.2, 0.25) is 0 Å². The van der Waals surface area contributed by atoms with E-state index in [9.17, 15) is 0 Å². The van der Waals surface area contributed by atoms with E-state index < -0.39 is 0 Å². The third-order valence-electron chi connectivity index (χ3n) is 5.28. The molecule has 1 fully saturated rings. The van der Waals surface area contributed by atoms with Crippen molar-refractivity contribution in [3.63, 3.8) is 0 Å². The van der Waals surface area contributed by atoms with Gasteiger partial charge in [-0.2, -0.15) is 0 Å². The van der Waals surface area contributed by atoms with Gasteiger partial charge in [-0.25, -0.2) is 0 Å². The maximum atomic E-state index is 6.08. The summed E-state index contributed by atoms with van der Waals surface area (Å²) in [6, 6.07) is 12.9. The molecule has 1 aromatic heterocycles. The predicted octanol–water partition coefficient (Wildman–Crippen LogP) is 4.26. The summed E-state index contributed by atoms with van der Waals surface area (Å²) >= 11 is 0. The van der Waals surface area contributed by atoms with Crippen LogP contribution in [0.25, 0.3) is 0 Å². The predicted molar refractivity (Wildman–Crippen MR) is 77.6 cm³/mol. The van der Waals surface area contributed by atoms with Crippen LogP contribution < -0.4 is 0 Å². The molecule has 1 aromatic carbocycles. The molecule has 0 amide bonds. The molecule has 104 valence electrons. The first-order valence-electron chi connectivity index (χ1n) is 7.52. The molecule has 4 rings (SSSR count). The summed E-state index contributed by atoms with van der Waals surface area (Å²) in [5.41, 5.74) is 3.26. The van der Waals surface area contributed by atoms with Gasteiger partial charge >= 0.3 is 0 Å². The molecule has 1 aliphatic carbocycles. The third-order valence-corrected chi connectivity index (χ3v) is 5.28. The zero-order chi connectivity index (χ0) is 13.6. The highest BCUT2D eigenvalue weighted by molar-refractivity contribution is 5.38. The van der Waals surface area contributed by atoms with E-state index in [0.29, 0.717) is 5.92 Å². The van der Waals surface area contributed by atoms with Crippen molar-refractivity contribution in [2.24, 2.45) is 5.92 Å². The van der Waals surface area contributed by atoms with Crippen LogP contribution in [0.5, 0.6) is 0 Å². The summed E-state index contributed by atoms with van der Waals surface area (Å²) in [6.45, 7) is 3.22. The summed E-state index contributed by atoms with van der Waals surface area (Å²) in [7, 11) is 0. The average Bonchev–Trinajstić information content (AvgIpc) is 3.00. The van der Waals surface area contributed by atoms with Crippen molar-refractivity contribution in [2.45, 2.75) is 37.7 Å². The number of ether oxygens (including phenoxy) is 1. The number of benzene rings is 1. The van der Waals surface area contributed by atoms with Crippen molar-refractivity contribution in [2.75, 3.05) is 6.61 Å². The summed E-state index contributed by atoms with van der Waals surface area (Å²) in [6.07, 6.45) is 5.29. The van der Waals surface area contributed by atoms with Gasteiger partial charge < -0.3 is 9.15 Å². The molecule has 0 N–H and O–H groups in total. The molecule has 0 spiro atoms. The van der Waals surface area contributed by atoms with Gasteiger partial charge in [0.05, 0.1) is 6.26 Å². The third kappa shape index (κ3) is 1.68. The van der Waals surface area contributed by atoms with Crippen molar-refractivity contribution in [3.05, 3.63) is 59.5 Å². The Morgan fingerprint density at radius 1 is 1.15 bits per heavy atom. The van der Waals surface area contributed by atoms with Crippen LogP contribution in [0.4, 0.5) is 0 Å². The molecule has 0 radical (unpaired) electrons. The van der Waals surface area contributed by atoms with Crippen LogP contribution >= 0.6 is 0 Å². The standard InChI is InChI=1S/C18H20O2/c1-18-10-12-20-17(16-7-4-11-19-16)15(18)9-8-13-5-2-3-6-14(13)18/h2-7,11,15,17H,8-10,12H2,1H3/t15-,17+,18+/m0/s1. The smallest absolute Gasteiger partial charge is 0.132 e. The Labute approximate surface area is 119 Å². The van der Waals surface area contributed by atoms with Gasteiger partial charge in [-0.3, -0.25) is 0 Å². The van der Waals surface area contributed by atoms with Gasteiger partial charge in [-0.1, -0.05) is 31.2 Å². The van der Waals surface area contributed by atoms with E-state index >= 15 is 0 Å². The molecule has 0 unspecified atom stereocenters. The van der Waals surface area contributed by atoms with E-state index in [2.05, 4.69) is 37.3 Å². The molecule has 0 saturated carbocycles. The molecule has 1 aliphatic heterocycles. The SMILES string of the molecule is C[C@]12CCO[C@@H](c3ccco3)[C@@H]1CCc1ccccc12. The lowest BCUT2D eigenvalue weighted by Gasteiger charge is -2.49. The van der Waals surface area contributed by atoms with Gasteiger partial charge in [0.15, 0.2) is 0 Å². The van der Waals surface area contributed by atoms with Crippen LogP contribution in [-0.4, -0.2) is 6.61 Å². The minimum absolute atomic E-state index is 0.108. The van der Waals surface area contributed by atoms with Gasteiger partial charge in [0.1, 0.15) is 11.9 Å². The van der Waals surface area contributed by atoms with E-state index in [-0.39, 0.29) is 11.5 Å². The van der Waals surface area contributed by atoms with E-state index in [1.807, 2.05) is 6.07 Å². The van der Waals surface area contributed by atoms with Crippen LogP contribution in [-0.2, 0) is 16.6 Å². The Balaban J connectivity index is 1.78. The first-order valence-corrected chi connectivity index (χ1v) is 7.52. The summed E-state index contributed by atoms with van der Waals surface area (Å²) in [4.78, 5) is 0. The molecule has 0 bridgehead atoms. The number of aryl methyl sites for hydroxylation is 1. The van der Waals surface area contributed by atoms with Crippen LogP contribution in [0.3, 0.4) is 0 Å². The van der Waals surface area contributed by atoms with E-state index in [0.717, 1.165) is 25.2 Å². The van der Waals surface area contributed by atoms with Gasteiger partial charge in [0.25, 0.3) is 0 Å². The monoisotopic (exact) mass is 268 g/mol. The molecule has 2 heteroatoms. The number of rotatable bonds is 1. The Morgan fingerprint density at radius 2 is 2.05 bits per heavy atom. The Kier molecular flexibility index (Phi) is 2.74. The molecule has 3 atom stereocenters. The minimum atomic E-state index is 0.108. The van der Waals surface area contributed by atoms with Crippen molar-refractivity contribution < 1.29 is 9.15 Å². The van der Waals surface area contributed by atoms with E-state index in [4.69, 9.17) is 9.15 Å². The Hall–Kier alpha value is -1.54. The van der Waals surface area contributed by atoms with E-state index in [1.54, 1.807) is 6.26 Å². The number of hydrogen-bond acceptors (Lipinski definition) is 2. The van der Waals surface area contributed by atoms with Crippen molar-refractivity contribution in [3.8, 4) is 0 Å². The highest BCUT2D eigenvalue weighted by Crippen LogP contribution is 2.52. The molecule has 20 heavy (non-hydrogen) atoms. The largest absolute Gasteiger partial charge is 0.467 e. The van der Waals surface area contributed by atoms with Crippen molar-refractivity contribution in [1.29, 1.82) is 0 Å². The van der Waals surface area contributed by atoms with E-state index in [1.165, 1.54) is 17.5 Å². The first kappa shape index (κ1) is 12.2. The maximum Gasteiger partial charge on any atom is 0.132 e. The first-order chi connectivity index (χ1) is 9.79. The molecular formula is C18H20O2. The van der Waals surface area contributed by atoms with Crippen LogP contribution in [0.2, 0.25) is 0 Å². The van der Waals surface area contributed by atoms with Crippen LogP contribution in [0, 0.1) is 5.92 Å². The lowest BCUT2D eigenvalue weighted by molar-refractivity contribution is -0.0849. The average molecular weight is 268 g/mol. The normalized spacial score (nSPS) is 32.5. The molecule has 1 saturated heterocycles. The number of hydrogen-bond donors (Lipinski definition) is 0. The summed E-state index contributed by atoms with van der Waals surface area (Å²) in [5.74, 6) is 1.50. The Bertz CT molecular complexity index is 602. The van der Waals surface area contributed by atoms with Crippen molar-refractivity contribution in [1.82, 2.24) is 0 Å². The minimum Gasteiger partial charge on any atom is -0.467 e. The molecule has 2 aromatic rings. The maximum absolute atomic E-state index is 6.08. The zero-order valence-corrected chi connectivity index (χ0v) is 11.8. The fraction of sp³-hybridized carbons (Fsp3) is 0.444. The summed E-state index contributed by atoms with van der Waals surface area (Å²) in [5, 5.41) is 0. The fourth-order valence-corrected chi connectivity index (χ4v) is 4.18. The highest BCUT2D eigenvalue weighted by atomic mass is 16.5. The topological polar surface area (TPSA) is 22.4 Å². The zero-order valence-electron chi connectivity index (χ0n) is 11.8. The van der Waals surface area contributed by atoms with Crippen LogP contribution in [0.1, 0.15) is 42.8 Å². The lowest BCUT2D eigenvalue weighted by atomic mass is 9.60. The van der Waals surface area contributed by atoms with Gasteiger partial charge in [-0.15, -0.1) is 0 Å².